The number of halogens is 3. The lowest BCUT2D eigenvalue weighted by molar-refractivity contribution is -0.142. The predicted molar refractivity (Wildman–Crippen MR) is 147 cm³/mol. The molecule has 0 aliphatic heterocycles. The molecule has 1 atom stereocenters. The van der Waals surface area contributed by atoms with Crippen molar-refractivity contribution in [3.8, 4) is 0 Å². The van der Waals surface area contributed by atoms with Crippen LogP contribution in [0.5, 0.6) is 0 Å². The summed E-state index contributed by atoms with van der Waals surface area (Å²) in [5.41, 5.74) is 0.393. The van der Waals surface area contributed by atoms with E-state index in [4.69, 9.17) is 23.2 Å². The molecule has 0 aliphatic carbocycles. The molecule has 204 valence electrons. The Balaban J connectivity index is 2.27. The first-order valence-corrected chi connectivity index (χ1v) is 14.5. The van der Waals surface area contributed by atoms with E-state index < -0.39 is 27.4 Å². The number of benzene rings is 2. The smallest absolute Gasteiger partial charge is 0.243 e. The maximum atomic E-state index is 13.4. The van der Waals surface area contributed by atoms with E-state index in [1.807, 2.05) is 27.7 Å². The molecule has 37 heavy (non-hydrogen) atoms. The molecular formula is C26H34Cl2FN3O4S. The number of carbonyl (C=O) groups is 2. The van der Waals surface area contributed by atoms with E-state index in [0.717, 1.165) is 10.6 Å². The molecule has 0 heterocycles. The Morgan fingerprint density at radius 2 is 1.70 bits per heavy atom. The maximum absolute atomic E-state index is 13.4. The highest BCUT2D eigenvalue weighted by molar-refractivity contribution is 7.92. The first kappa shape index (κ1) is 30.9. The zero-order valence-corrected chi connectivity index (χ0v) is 24.1. The van der Waals surface area contributed by atoms with Gasteiger partial charge in [0, 0.05) is 30.1 Å². The molecule has 1 N–H and O–H groups in total. The van der Waals surface area contributed by atoms with Gasteiger partial charge in [0.05, 0.1) is 17.0 Å². The van der Waals surface area contributed by atoms with Gasteiger partial charge in [0.1, 0.15) is 11.9 Å². The Morgan fingerprint density at radius 1 is 1.08 bits per heavy atom. The Morgan fingerprint density at radius 3 is 2.24 bits per heavy atom. The Hall–Kier alpha value is -2.36. The molecule has 0 bridgehead atoms. The fraction of sp³-hybridized carbons (Fsp3) is 0.462. The highest BCUT2D eigenvalue weighted by Gasteiger charge is 2.31. The van der Waals surface area contributed by atoms with Gasteiger partial charge in [0.15, 0.2) is 0 Å². The molecule has 0 fully saturated rings. The molecular weight excluding hydrogens is 540 g/mol. The average molecular weight is 575 g/mol. The second-order valence-corrected chi connectivity index (χ2v) is 12.6. The van der Waals surface area contributed by atoms with Crippen molar-refractivity contribution in [1.82, 2.24) is 10.2 Å². The largest absolute Gasteiger partial charge is 0.350 e. The van der Waals surface area contributed by atoms with Gasteiger partial charge < -0.3 is 10.2 Å². The summed E-state index contributed by atoms with van der Waals surface area (Å²) in [6.45, 7) is 7.45. The van der Waals surface area contributed by atoms with Crippen molar-refractivity contribution in [2.24, 2.45) is 0 Å². The van der Waals surface area contributed by atoms with Gasteiger partial charge in [0.25, 0.3) is 0 Å². The third kappa shape index (κ3) is 9.47. The SMILES string of the molecule is CCC(C(=O)NC(C)(C)C)N(Cc1ccc(F)cc1)C(=O)CCCN(c1cc(Cl)ccc1Cl)S(C)(=O)=O. The number of carbonyl (C=O) groups excluding carboxylic acids is 2. The molecule has 2 aromatic rings. The topological polar surface area (TPSA) is 86.8 Å². The minimum atomic E-state index is -3.72. The lowest BCUT2D eigenvalue weighted by atomic mass is 10.0. The van der Waals surface area contributed by atoms with E-state index in [-0.39, 0.29) is 48.5 Å². The summed E-state index contributed by atoms with van der Waals surface area (Å²) < 4.78 is 39.5. The van der Waals surface area contributed by atoms with Gasteiger partial charge >= 0.3 is 0 Å². The number of hydrogen-bond donors (Lipinski definition) is 1. The molecule has 0 aromatic heterocycles. The number of hydrogen-bond acceptors (Lipinski definition) is 4. The standard InChI is InChI=1S/C26H34Cl2FN3O4S/c1-6-22(25(34)30-26(2,3)4)31(17-18-9-12-20(29)13-10-18)24(33)8-7-15-32(37(5,35)36)23-16-19(27)11-14-21(23)28/h9-14,16,22H,6-8,15,17H2,1-5H3,(H,30,34). The van der Waals surface area contributed by atoms with Gasteiger partial charge in [-0.2, -0.15) is 0 Å². The second-order valence-electron chi connectivity index (χ2n) is 9.85. The van der Waals surface area contributed by atoms with Crippen LogP contribution < -0.4 is 9.62 Å². The van der Waals surface area contributed by atoms with Crippen LogP contribution in [-0.2, 0) is 26.2 Å². The van der Waals surface area contributed by atoms with Crippen molar-refractivity contribution < 1.29 is 22.4 Å². The van der Waals surface area contributed by atoms with Crippen LogP contribution >= 0.6 is 23.2 Å². The number of anilines is 1. The van der Waals surface area contributed by atoms with Crippen molar-refractivity contribution in [3.05, 3.63) is 63.9 Å². The highest BCUT2D eigenvalue weighted by atomic mass is 35.5. The summed E-state index contributed by atoms with van der Waals surface area (Å²) in [4.78, 5) is 28.0. The molecule has 0 saturated heterocycles. The van der Waals surface area contributed by atoms with Crippen LogP contribution in [-0.4, -0.2) is 49.5 Å². The van der Waals surface area contributed by atoms with Gasteiger partial charge in [0.2, 0.25) is 21.8 Å². The van der Waals surface area contributed by atoms with Crippen LogP contribution in [0, 0.1) is 5.82 Å². The molecule has 0 aliphatic rings. The first-order valence-electron chi connectivity index (χ1n) is 11.9. The van der Waals surface area contributed by atoms with Crippen molar-refractivity contribution in [2.75, 3.05) is 17.1 Å². The fourth-order valence-electron chi connectivity index (χ4n) is 3.82. The molecule has 0 spiro atoms. The predicted octanol–water partition coefficient (Wildman–Crippen LogP) is 5.40. The van der Waals surface area contributed by atoms with Crippen molar-refractivity contribution in [1.29, 1.82) is 0 Å². The zero-order valence-electron chi connectivity index (χ0n) is 21.7. The van der Waals surface area contributed by atoms with Gasteiger partial charge in [-0.15, -0.1) is 0 Å². The van der Waals surface area contributed by atoms with Crippen LogP contribution in [0.3, 0.4) is 0 Å². The molecule has 2 aromatic carbocycles. The van der Waals surface area contributed by atoms with E-state index >= 15 is 0 Å². The van der Waals surface area contributed by atoms with Crippen molar-refractivity contribution in [2.45, 2.75) is 65.1 Å². The summed E-state index contributed by atoms with van der Waals surface area (Å²) in [6, 6.07) is 9.49. The Bertz CT molecular complexity index is 1200. The summed E-state index contributed by atoms with van der Waals surface area (Å²) in [6.07, 6.45) is 1.57. The van der Waals surface area contributed by atoms with E-state index in [1.54, 1.807) is 18.2 Å². The lowest BCUT2D eigenvalue weighted by Gasteiger charge is -2.33. The van der Waals surface area contributed by atoms with Gasteiger partial charge in [-0.3, -0.25) is 13.9 Å². The van der Waals surface area contributed by atoms with E-state index in [2.05, 4.69) is 5.32 Å². The third-order valence-corrected chi connectivity index (χ3v) is 7.21. The Kier molecular flexibility index (Phi) is 10.8. The van der Waals surface area contributed by atoms with Gasteiger partial charge in [-0.1, -0.05) is 42.3 Å². The molecule has 7 nitrogen and oxygen atoms in total. The minimum absolute atomic E-state index is 0.0139. The lowest BCUT2D eigenvalue weighted by Crippen LogP contribution is -2.53. The van der Waals surface area contributed by atoms with Crippen LogP contribution in [0.1, 0.15) is 52.5 Å². The zero-order chi connectivity index (χ0) is 28.0. The molecule has 1 unspecified atom stereocenters. The van der Waals surface area contributed by atoms with Crippen LogP contribution in [0.4, 0.5) is 10.1 Å². The average Bonchev–Trinajstić information content (AvgIpc) is 2.77. The molecule has 0 saturated carbocycles. The van der Waals surface area contributed by atoms with E-state index in [9.17, 15) is 22.4 Å². The van der Waals surface area contributed by atoms with Crippen molar-refractivity contribution >= 4 is 50.7 Å². The van der Waals surface area contributed by atoms with Gasteiger partial charge in [-0.25, -0.2) is 12.8 Å². The summed E-state index contributed by atoms with van der Waals surface area (Å²) in [5.74, 6) is -1.03. The molecule has 2 amide bonds. The third-order valence-electron chi connectivity index (χ3n) is 5.48. The number of rotatable bonds is 11. The summed E-state index contributed by atoms with van der Waals surface area (Å²) in [5, 5.41) is 3.46. The van der Waals surface area contributed by atoms with E-state index in [1.165, 1.54) is 29.2 Å². The molecule has 0 radical (unpaired) electrons. The summed E-state index contributed by atoms with van der Waals surface area (Å²) in [7, 11) is -3.72. The Labute approximate surface area is 229 Å². The van der Waals surface area contributed by atoms with Crippen LogP contribution in [0.15, 0.2) is 42.5 Å². The number of nitrogens with zero attached hydrogens (tertiary/aromatic N) is 2. The minimum Gasteiger partial charge on any atom is -0.350 e. The molecule has 11 heteroatoms. The van der Waals surface area contributed by atoms with Gasteiger partial charge in [-0.05, 0) is 69.5 Å². The van der Waals surface area contributed by atoms with E-state index in [0.29, 0.717) is 17.0 Å². The first-order chi connectivity index (χ1) is 17.1. The quantitative estimate of drug-likeness (QED) is 0.390. The summed E-state index contributed by atoms with van der Waals surface area (Å²) >= 11 is 12.3. The maximum Gasteiger partial charge on any atom is 0.243 e. The number of nitrogens with one attached hydrogen (secondary N) is 1. The second kappa shape index (κ2) is 12.9. The van der Waals surface area contributed by atoms with Crippen LogP contribution in [0.25, 0.3) is 0 Å². The normalized spacial score (nSPS) is 12.6. The van der Waals surface area contributed by atoms with Crippen LogP contribution in [0.2, 0.25) is 10.0 Å². The molecule has 2 rings (SSSR count). The number of sulfonamides is 1. The fourth-order valence-corrected chi connectivity index (χ4v) is 5.22. The number of amides is 2. The van der Waals surface area contributed by atoms with Crippen molar-refractivity contribution in [3.63, 3.8) is 0 Å². The highest BCUT2D eigenvalue weighted by Crippen LogP contribution is 2.31. The monoisotopic (exact) mass is 573 g/mol.